The molecule has 1 saturated carbocycles. The fraction of sp³-hybridized carbons (Fsp3) is 1.00. The molecule has 1 nitrogen and oxygen atoms in total. The normalized spacial score (nSPS) is 35.8. The average Bonchev–Trinajstić information content (AvgIpc) is 2.44. The van der Waals surface area contributed by atoms with Gasteiger partial charge in [-0.25, -0.2) is 0 Å². The van der Waals surface area contributed by atoms with Crippen LogP contribution in [0.2, 0.25) is 0 Å². The monoisotopic (exact) mass is 213 g/mol. The van der Waals surface area contributed by atoms with Gasteiger partial charge in [-0.3, -0.25) is 0 Å². The molecule has 2 unspecified atom stereocenters. The Labute approximate surface area is 92.4 Å². The van der Waals surface area contributed by atoms with Crippen LogP contribution < -0.4 is 5.32 Å². The minimum absolute atomic E-state index is 0.808. The summed E-state index contributed by atoms with van der Waals surface area (Å²) in [7, 11) is 0. The number of rotatable bonds is 2. The van der Waals surface area contributed by atoms with Gasteiger partial charge in [0.15, 0.2) is 0 Å². The lowest BCUT2D eigenvalue weighted by Gasteiger charge is -2.23. The molecule has 0 aromatic heterocycles. The molecule has 2 heteroatoms. The number of thioether (sulfide) groups is 1. The molecule has 1 N–H and O–H groups in total. The fourth-order valence-electron chi connectivity index (χ4n) is 2.62. The molecule has 2 rings (SSSR count). The predicted octanol–water partition coefficient (Wildman–Crippen LogP) is 3.05. The molecule has 2 fully saturated rings. The van der Waals surface area contributed by atoms with Gasteiger partial charge in [0, 0.05) is 17.8 Å². The van der Waals surface area contributed by atoms with Crippen LogP contribution in [0.3, 0.4) is 0 Å². The summed E-state index contributed by atoms with van der Waals surface area (Å²) >= 11 is 2.12. The lowest BCUT2D eigenvalue weighted by atomic mass is 10.0. The average molecular weight is 213 g/mol. The first-order valence-electron chi connectivity index (χ1n) is 6.20. The van der Waals surface area contributed by atoms with E-state index in [0.29, 0.717) is 0 Å². The van der Waals surface area contributed by atoms with E-state index >= 15 is 0 Å². The van der Waals surface area contributed by atoms with E-state index in [1.807, 2.05) is 0 Å². The van der Waals surface area contributed by atoms with Crippen LogP contribution in [0.4, 0.5) is 0 Å². The Bertz CT molecular complexity index is 164. The van der Waals surface area contributed by atoms with Gasteiger partial charge in [0.05, 0.1) is 0 Å². The fourth-order valence-corrected chi connectivity index (χ4v) is 4.04. The van der Waals surface area contributed by atoms with Gasteiger partial charge in [0.25, 0.3) is 0 Å². The minimum atomic E-state index is 0.808. The van der Waals surface area contributed by atoms with Crippen molar-refractivity contribution in [2.75, 3.05) is 11.5 Å². The van der Waals surface area contributed by atoms with Crippen LogP contribution in [-0.4, -0.2) is 23.6 Å². The van der Waals surface area contributed by atoms with Crippen molar-refractivity contribution in [1.29, 1.82) is 0 Å². The van der Waals surface area contributed by atoms with E-state index in [1.165, 1.54) is 50.0 Å². The largest absolute Gasteiger partial charge is 0.310 e. The summed E-state index contributed by atoms with van der Waals surface area (Å²) < 4.78 is 0. The maximum atomic E-state index is 3.89. The van der Waals surface area contributed by atoms with E-state index in [2.05, 4.69) is 24.0 Å². The molecule has 0 bridgehead atoms. The van der Waals surface area contributed by atoms with Crippen LogP contribution in [0.1, 0.15) is 45.4 Å². The van der Waals surface area contributed by atoms with E-state index in [0.717, 1.165) is 18.0 Å². The molecule has 1 saturated heterocycles. The van der Waals surface area contributed by atoms with E-state index in [4.69, 9.17) is 0 Å². The van der Waals surface area contributed by atoms with Crippen molar-refractivity contribution < 1.29 is 0 Å². The van der Waals surface area contributed by atoms with Crippen molar-refractivity contribution in [2.45, 2.75) is 57.5 Å². The van der Waals surface area contributed by atoms with Crippen molar-refractivity contribution in [2.24, 2.45) is 5.92 Å². The Kier molecular flexibility index (Phi) is 4.18. The molecule has 1 aliphatic heterocycles. The van der Waals surface area contributed by atoms with Crippen LogP contribution in [0.5, 0.6) is 0 Å². The van der Waals surface area contributed by atoms with Crippen molar-refractivity contribution in [3.63, 3.8) is 0 Å². The highest BCUT2D eigenvalue weighted by molar-refractivity contribution is 7.99. The Morgan fingerprint density at radius 1 is 1.00 bits per heavy atom. The summed E-state index contributed by atoms with van der Waals surface area (Å²) in [6.07, 6.45) is 8.68. The van der Waals surface area contributed by atoms with E-state index < -0.39 is 0 Å². The standard InChI is InChI=1S/C12H23NS/c1-10-8-14-9-12(10)13-11-6-4-2-3-5-7-11/h10-13H,2-9H2,1H3. The third-order valence-corrected chi connectivity index (χ3v) is 5.03. The van der Waals surface area contributed by atoms with Crippen LogP contribution in [0.25, 0.3) is 0 Å². The molecule has 14 heavy (non-hydrogen) atoms. The summed E-state index contributed by atoms with van der Waals surface area (Å²) in [6.45, 7) is 2.40. The molecule has 2 aliphatic rings. The van der Waals surface area contributed by atoms with Crippen LogP contribution in [0, 0.1) is 5.92 Å². The summed E-state index contributed by atoms with van der Waals surface area (Å²) in [4.78, 5) is 0. The molecule has 0 aromatic rings. The molecular weight excluding hydrogens is 190 g/mol. The quantitative estimate of drug-likeness (QED) is 0.708. The van der Waals surface area contributed by atoms with E-state index in [1.54, 1.807) is 0 Å². The van der Waals surface area contributed by atoms with Crippen molar-refractivity contribution in [1.82, 2.24) is 5.32 Å². The van der Waals surface area contributed by atoms with Crippen molar-refractivity contribution in [3.05, 3.63) is 0 Å². The van der Waals surface area contributed by atoms with Gasteiger partial charge in [-0.05, 0) is 24.5 Å². The molecule has 0 radical (unpaired) electrons. The molecule has 0 aromatic carbocycles. The Morgan fingerprint density at radius 3 is 2.29 bits per heavy atom. The highest BCUT2D eigenvalue weighted by Crippen LogP contribution is 2.26. The third-order valence-electron chi connectivity index (χ3n) is 3.67. The van der Waals surface area contributed by atoms with Crippen LogP contribution in [-0.2, 0) is 0 Å². The Balaban J connectivity index is 1.77. The predicted molar refractivity (Wildman–Crippen MR) is 64.9 cm³/mol. The van der Waals surface area contributed by atoms with Gasteiger partial charge < -0.3 is 5.32 Å². The van der Waals surface area contributed by atoms with Crippen LogP contribution in [0.15, 0.2) is 0 Å². The van der Waals surface area contributed by atoms with E-state index in [9.17, 15) is 0 Å². The highest BCUT2D eigenvalue weighted by Gasteiger charge is 2.26. The third kappa shape index (κ3) is 2.90. The van der Waals surface area contributed by atoms with Crippen molar-refractivity contribution >= 4 is 11.8 Å². The van der Waals surface area contributed by atoms with Gasteiger partial charge in [-0.1, -0.05) is 32.6 Å². The molecule has 1 heterocycles. The van der Waals surface area contributed by atoms with Gasteiger partial charge in [0.1, 0.15) is 0 Å². The summed E-state index contributed by atoms with van der Waals surface area (Å²) in [5, 5.41) is 3.89. The summed E-state index contributed by atoms with van der Waals surface area (Å²) in [6, 6.07) is 1.65. The van der Waals surface area contributed by atoms with E-state index in [-0.39, 0.29) is 0 Å². The smallest absolute Gasteiger partial charge is 0.0194 e. The molecule has 0 spiro atoms. The number of nitrogens with one attached hydrogen (secondary N) is 1. The first-order chi connectivity index (χ1) is 6.86. The first kappa shape index (κ1) is 10.8. The topological polar surface area (TPSA) is 12.0 Å². The lowest BCUT2D eigenvalue weighted by molar-refractivity contribution is 0.365. The number of hydrogen-bond donors (Lipinski definition) is 1. The zero-order valence-electron chi connectivity index (χ0n) is 9.30. The SMILES string of the molecule is CC1CSCC1NC1CCCCCC1. The highest BCUT2D eigenvalue weighted by atomic mass is 32.2. The summed E-state index contributed by atoms with van der Waals surface area (Å²) in [5.74, 6) is 3.60. The zero-order chi connectivity index (χ0) is 9.80. The molecule has 82 valence electrons. The second-order valence-corrected chi connectivity index (χ2v) is 6.05. The van der Waals surface area contributed by atoms with Gasteiger partial charge in [0.2, 0.25) is 0 Å². The van der Waals surface area contributed by atoms with Crippen molar-refractivity contribution in [3.8, 4) is 0 Å². The van der Waals surface area contributed by atoms with Gasteiger partial charge >= 0.3 is 0 Å². The summed E-state index contributed by atoms with van der Waals surface area (Å²) in [5.41, 5.74) is 0. The molecular formula is C12H23NS. The zero-order valence-corrected chi connectivity index (χ0v) is 10.1. The second-order valence-electron chi connectivity index (χ2n) is 4.98. The Hall–Kier alpha value is 0.310. The van der Waals surface area contributed by atoms with Gasteiger partial charge in [-0.15, -0.1) is 0 Å². The Morgan fingerprint density at radius 2 is 1.71 bits per heavy atom. The molecule has 2 atom stereocenters. The lowest BCUT2D eigenvalue weighted by Crippen LogP contribution is -2.41. The van der Waals surface area contributed by atoms with Gasteiger partial charge in [-0.2, -0.15) is 11.8 Å². The molecule has 1 aliphatic carbocycles. The maximum absolute atomic E-state index is 3.89. The maximum Gasteiger partial charge on any atom is 0.0194 e. The van der Waals surface area contributed by atoms with Crippen LogP contribution >= 0.6 is 11.8 Å². The number of hydrogen-bond acceptors (Lipinski definition) is 2. The first-order valence-corrected chi connectivity index (χ1v) is 7.35. The molecule has 0 amide bonds. The second kappa shape index (κ2) is 5.41. The minimum Gasteiger partial charge on any atom is -0.310 e.